The van der Waals surface area contributed by atoms with Crippen molar-refractivity contribution in [1.29, 1.82) is 0 Å². The molecular formula is C25H28N2O4. The largest absolute Gasteiger partial charge is 0.493 e. The summed E-state index contributed by atoms with van der Waals surface area (Å²) in [6.45, 7) is 1.89. The lowest BCUT2D eigenvalue weighted by molar-refractivity contribution is 0.0977. The summed E-state index contributed by atoms with van der Waals surface area (Å²) in [5, 5.41) is 0. The highest BCUT2D eigenvalue weighted by Crippen LogP contribution is 2.35. The van der Waals surface area contributed by atoms with E-state index in [4.69, 9.17) is 13.9 Å². The smallest absolute Gasteiger partial charge is 0.226 e. The molecule has 0 aliphatic heterocycles. The molecule has 3 aromatic rings. The number of ketones is 1. The molecule has 0 bridgehead atoms. The Hall–Kier alpha value is -3.15. The Labute approximate surface area is 182 Å². The summed E-state index contributed by atoms with van der Waals surface area (Å²) in [7, 11) is 1.65. The number of oxazole rings is 1. The molecule has 31 heavy (non-hydrogen) atoms. The molecule has 0 N–H and O–H groups in total. The number of pyridine rings is 1. The first-order chi connectivity index (χ1) is 15.1. The molecule has 1 aliphatic carbocycles. The average molecular weight is 421 g/mol. The van der Waals surface area contributed by atoms with Gasteiger partial charge in [-0.2, -0.15) is 0 Å². The van der Waals surface area contributed by atoms with E-state index in [-0.39, 0.29) is 11.9 Å². The minimum Gasteiger partial charge on any atom is -0.493 e. The Morgan fingerprint density at radius 3 is 2.77 bits per heavy atom. The zero-order valence-corrected chi connectivity index (χ0v) is 18.1. The molecule has 0 radical (unpaired) electrons. The van der Waals surface area contributed by atoms with Crippen LogP contribution in [0.5, 0.6) is 11.5 Å². The molecule has 0 atom stereocenters. The van der Waals surface area contributed by atoms with Crippen molar-refractivity contribution in [3.8, 4) is 23.0 Å². The van der Waals surface area contributed by atoms with Gasteiger partial charge in [0.2, 0.25) is 5.89 Å². The first-order valence-corrected chi connectivity index (χ1v) is 10.9. The van der Waals surface area contributed by atoms with Gasteiger partial charge in [0.15, 0.2) is 17.3 Å². The monoisotopic (exact) mass is 420 g/mol. The predicted octanol–water partition coefficient (Wildman–Crippen LogP) is 5.58. The van der Waals surface area contributed by atoms with Crippen LogP contribution < -0.4 is 9.47 Å². The van der Waals surface area contributed by atoms with Crippen molar-refractivity contribution in [3.63, 3.8) is 0 Å². The van der Waals surface area contributed by atoms with Crippen molar-refractivity contribution in [1.82, 2.24) is 9.97 Å². The molecule has 1 aromatic carbocycles. The predicted molar refractivity (Wildman–Crippen MR) is 118 cm³/mol. The number of hydrogen-bond acceptors (Lipinski definition) is 6. The summed E-state index contributed by atoms with van der Waals surface area (Å²) in [6, 6.07) is 9.43. The summed E-state index contributed by atoms with van der Waals surface area (Å²) in [6.07, 6.45) is 10.1. The first-order valence-electron chi connectivity index (χ1n) is 10.9. The van der Waals surface area contributed by atoms with Crippen LogP contribution in [0, 0.1) is 6.92 Å². The molecule has 6 nitrogen and oxygen atoms in total. The van der Waals surface area contributed by atoms with E-state index in [2.05, 4.69) is 9.97 Å². The highest BCUT2D eigenvalue weighted by Gasteiger charge is 2.19. The fraction of sp³-hybridized carbons (Fsp3) is 0.400. The molecular weight excluding hydrogens is 392 g/mol. The van der Waals surface area contributed by atoms with Gasteiger partial charge in [0.1, 0.15) is 12.0 Å². The van der Waals surface area contributed by atoms with Gasteiger partial charge in [0.05, 0.1) is 18.9 Å². The topological polar surface area (TPSA) is 74.5 Å². The average Bonchev–Trinajstić information content (AvgIpc) is 3.27. The molecule has 1 aliphatic rings. The number of methoxy groups -OCH3 is 1. The number of aryl methyl sites for hydroxylation is 2. The Morgan fingerprint density at radius 1 is 1.16 bits per heavy atom. The molecule has 0 saturated heterocycles. The van der Waals surface area contributed by atoms with Crippen LogP contribution in [0.25, 0.3) is 11.5 Å². The lowest BCUT2D eigenvalue weighted by Gasteiger charge is -2.24. The number of hydrogen-bond donors (Lipinski definition) is 0. The summed E-state index contributed by atoms with van der Waals surface area (Å²) in [5.74, 6) is 1.94. The fourth-order valence-corrected chi connectivity index (χ4v) is 3.96. The second kappa shape index (κ2) is 9.77. The highest BCUT2D eigenvalue weighted by atomic mass is 16.5. The van der Waals surface area contributed by atoms with E-state index in [1.54, 1.807) is 19.6 Å². The molecule has 6 heteroatoms. The Morgan fingerprint density at radius 2 is 2.00 bits per heavy atom. The number of benzene rings is 1. The lowest BCUT2D eigenvalue weighted by Crippen LogP contribution is -2.19. The van der Waals surface area contributed by atoms with Crippen molar-refractivity contribution in [2.24, 2.45) is 0 Å². The van der Waals surface area contributed by atoms with Crippen LogP contribution in [-0.4, -0.2) is 29.0 Å². The first kappa shape index (κ1) is 21.1. The van der Waals surface area contributed by atoms with Crippen LogP contribution in [0.3, 0.4) is 0 Å². The third-order valence-corrected chi connectivity index (χ3v) is 5.69. The second-order valence-electron chi connectivity index (χ2n) is 7.98. The third kappa shape index (κ3) is 5.13. The number of carbonyl (C=O) groups excluding carboxylic acids is 1. The van der Waals surface area contributed by atoms with Gasteiger partial charge in [-0.15, -0.1) is 0 Å². The third-order valence-electron chi connectivity index (χ3n) is 5.69. The van der Waals surface area contributed by atoms with Crippen molar-refractivity contribution < 1.29 is 18.7 Å². The minimum absolute atomic E-state index is 0.00951. The van der Waals surface area contributed by atoms with Gasteiger partial charge in [0.25, 0.3) is 0 Å². The maximum Gasteiger partial charge on any atom is 0.226 e. The van der Waals surface area contributed by atoms with Gasteiger partial charge >= 0.3 is 0 Å². The van der Waals surface area contributed by atoms with Crippen LogP contribution in [0.2, 0.25) is 0 Å². The van der Waals surface area contributed by atoms with E-state index >= 15 is 0 Å². The Kier molecular flexibility index (Phi) is 6.65. The zero-order chi connectivity index (χ0) is 21.6. The number of rotatable bonds is 8. The Bertz CT molecular complexity index is 1040. The van der Waals surface area contributed by atoms with Crippen LogP contribution in [0.15, 0.2) is 47.2 Å². The summed E-state index contributed by atoms with van der Waals surface area (Å²) < 4.78 is 17.4. The van der Waals surface area contributed by atoms with Crippen molar-refractivity contribution in [2.75, 3.05) is 7.11 Å². The highest BCUT2D eigenvalue weighted by molar-refractivity contribution is 5.95. The van der Waals surface area contributed by atoms with Crippen molar-refractivity contribution in [2.45, 2.75) is 58.0 Å². The molecule has 0 amide bonds. The number of aromatic nitrogens is 2. The minimum atomic E-state index is 0.00951. The van der Waals surface area contributed by atoms with Gasteiger partial charge in [-0.3, -0.25) is 9.78 Å². The molecule has 2 aromatic heterocycles. The number of nitrogens with zero attached hydrogens (tertiary/aromatic N) is 2. The van der Waals surface area contributed by atoms with Gasteiger partial charge in [-0.05, 0) is 62.4 Å². The lowest BCUT2D eigenvalue weighted by atomic mass is 9.98. The number of Topliss-reactive ketones (excluding diaryl/α,β-unsaturated/α-hetero) is 1. The fourth-order valence-electron chi connectivity index (χ4n) is 3.96. The van der Waals surface area contributed by atoms with Crippen LogP contribution in [0.1, 0.15) is 60.3 Å². The van der Waals surface area contributed by atoms with Gasteiger partial charge in [-0.1, -0.05) is 12.5 Å². The molecule has 1 saturated carbocycles. The molecule has 162 valence electrons. The van der Waals surface area contributed by atoms with Gasteiger partial charge in [0, 0.05) is 24.6 Å². The van der Waals surface area contributed by atoms with E-state index in [0.717, 1.165) is 29.7 Å². The normalized spacial score (nSPS) is 14.4. The van der Waals surface area contributed by atoms with E-state index in [1.807, 2.05) is 37.3 Å². The van der Waals surface area contributed by atoms with E-state index < -0.39 is 0 Å². The maximum absolute atomic E-state index is 12.5. The number of ether oxygens (including phenoxy) is 2. The van der Waals surface area contributed by atoms with Crippen LogP contribution >= 0.6 is 0 Å². The maximum atomic E-state index is 12.5. The molecule has 0 unspecified atom stereocenters. The van der Waals surface area contributed by atoms with Crippen LogP contribution in [0.4, 0.5) is 0 Å². The van der Waals surface area contributed by atoms with Gasteiger partial charge < -0.3 is 13.9 Å². The van der Waals surface area contributed by atoms with Gasteiger partial charge in [-0.25, -0.2) is 4.98 Å². The second-order valence-corrected chi connectivity index (χ2v) is 7.98. The van der Waals surface area contributed by atoms with Crippen molar-refractivity contribution in [3.05, 3.63) is 59.7 Å². The standard InChI is InChI=1S/C25H28N2O4/c1-17-7-6-14-26-24(17)21(28)12-11-19-16-30-25(27-19)18-10-13-22(29-2)23(15-18)31-20-8-4-3-5-9-20/h6-7,10,13-16,20H,3-5,8-9,11-12H2,1-2H3. The summed E-state index contributed by atoms with van der Waals surface area (Å²) in [4.78, 5) is 21.2. The van der Waals surface area contributed by atoms with Crippen molar-refractivity contribution >= 4 is 5.78 Å². The summed E-state index contributed by atoms with van der Waals surface area (Å²) in [5.41, 5.74) is 2.97. The SMILES string of the molecule is COc1ccc(-c2nc(CCC(=O)c3ncccc3C)co2)cc1OC1CCCCC1. The molecule has 4 rings (SSSR count). The zero-order valence-electron chi connectivity index (χ0n) is 18.1. The molecule has 0 spiro atoms. The molecule has 1 fully saturated rings. The van der Waals surface area contributed by atoms with E-state index in [1.165, 1.54) is 19.3 Å². The quantitative estimate of drug-likeness (QED) is 0.443. The van der Waals surface area contributed by atoms with E-state index in [0.29, 0.717) is 35.9 Å². The van der Waals surface area contributed by atoms with E-state index in [9.17, 15) is 4.79 Å². The van der Waals surface area contributed by atoms with Crippen LogP contribution in [-0.2, 0) is 6.42 Å². The summed E-state index contributed by atoms with van der Waals surface area (Å²) >= 11 is 0. The number of carbonyl (C=O) groups is 1. The molecule has 2 heterocycles. The Balaban J connectivity index is 1.45.